The van der Waals surface area contributed by atoms with E-state index in [1.165, 1.54) is 18.2 Å². The molecule has 108 valence electrons. The van der Waals surface area contributed by atoms with Gasteiger partial charge in [-0.05, 0) is 18.2 Å². The largest absolute Gasteiger partial charge is 0.417 e. The van der Waals surface area contributed by atoms with E-state index in [-0.39, 0.29) is 5.56 Å². The Balaban J connectivity index is 2.11. The number of hydrazone groups is 1. The molecule has 6 heteroatoms. The molecule has 1 amide bonds. The first-order valence-electron chi connectivity index (χ1n) is 6.03. The van der Waals surface area contributed by atoms with Gasteiger partial charge < -0.3 is 0 Å². The summed E-state index contributed by atoms with van der Waals surface area (Å²) in [6, 6.07) is 13.3. The Morgan fingerprint density at radius 2 is 1.62 bits per heavy atom. The third-order valence-corrected chi connectivity index (χ3v) is 2.67. The Morgan fingerprint density at radius 3 is 2.29 bits per heavy atom. The molecule has 0 bridgehead atoms. The number of hydrogen-bond acceptors (Lipinski definition) is 2. The zero-order chi connectivity index (χ0) is 15.3. The van der Waals surface area contributed by atoms with Crippen LogP contribution in [0.3, 0.4) is 0 Å². The second-order valence-electron chi connectivity index (χ2n) is 4.15. The number of carbonyl (C=O) groups excluding carboxylic acids is 1. The van der Waals surface area contributed by atoms with Gasteiger partial charge in [0.25, 0.3) is 5.91 Å². The van der Waals surface area contributed by atoms with E-state index in [1.807, 2.05) is 0 Å². The first-order chi connectivity index (χ1) is 9.98. The Labute approximate surface area is 119 Å². The SMILES string of the molecule is O=C(NN=Cc1ccccc1C(F)(F)F)c1ccccc1. The number of amides is 1. The number of nitrogens with one attached hydrogen (secondary N) is 1. The van der Waals surface area contributed by atoms with Crippen molar-refractivity contribution in [2.24, 2.45) is 5.10 Å². The van der Waals surface area contributed by atoms with Gasteiger partial charge in [0.1, 0.15) is 0 Å². The lowest BCUT2D eigenvalue weighted by atomic mass is 10.1. The fraction of sp³-hybridized carbons (Fsp3) is 0.0667. The molecule has 2 aromatic rings. The third-order valence-electron chi connectivity index (χ3n) is 2.67. The maximum Gasteiger partial charge on any atom is 0.417 e. The summed E-state index contributed by atoms with van der Waals surface area (Å²) >= 11 is 0. The van der Waals surface area contributed by atoms with Crippen LogP contribution in [0.15, 0.2) is 59.7 Å². The number of rotatable bonds is 3. The van der Waals surface area contributed by atoms with Crippen molar-refractivity contribution >= 4 is 12.1 Å². The van der Waals surface area contributed by atoms with Gasteiger partial charge in [-0.3, -0.25) is 4.79 Å². The van der Waals surface area contributed by atoms with Crippen molar-refractivity contribution < 1.29 is 18.0 Å². The molecule has 0 aliphatic heterocycles. The van der Waals surface area contributed by atoms with Crippen LogP contribution in [0, 0.1) is 0 Å². The van der Waals surface area contributed by atoms with E-state index in [1.54, 1.807) is 30.3 Å². The van der Waals surface area contributed by atoms with Gasteiger partial charge >= 0.3 is 6.18 Å². The molecule has 3 nitrogen and oxygen atoms in total. The van der Waals surface area contributed by atoms with Crippen molar-refractivity contribution in [3.63, 3.8) is 0 Å². The van der Waals surface area contributed by atoms with Crippen LogP contribution in [-0.2, 0) is 6.18 Å². The molecule has 0 fully saturated rings. The number of carbonyl (C=O) groups is 1. The van der Waals surface area contributed by atoms with E-state index in [4.69, 9.17) is 0 Å². The Bertz CT molecular complexity index is 651. The minimum Gasteiger partial charge on any atom is -0.267 e. The molecule has 0 aliphatic carbocycles. The molecule has 21 heavy (non-hydrogen) atoms. The number of alkyl halides is 3. The van der Waals surface area contributed by atoms with Crippen LogP contribution in [0.2, 0.25) is 0 Å². The van der Waals surface area contributed by atoms with Gasteiger partial charge in [0.2, 0.25) is 0 Å². The second kappa shape index (κ2) is 6.21. The minimum atomic E-state index is -4.47. The van der Waals surface area contributed by atoms with Crippen LogP contribution in [0.4, 0.5) is 13.2 Å². The molecular formula is C15H11F3N2O. The molecular weight excluding hydrogens is 281 g/mol. The van der Waals surface area contributed by atoms with E-state index >= 15 is 0 Å². The summed E-state index contributed by atoms with van der Waals surface area (Å²) in [5.41, 5.74) is 1.65. The van der Waals surface area contributed by atoms with E-state index in [2.05, 4.69) is 10.5 Å². The van der Waals surface area contributed by atoms with Crippen LogP contribution in [-0.4, -0.2) is 12.1 Å². The molecule has 0 aliphatic rings. The third kappa shape index (κ3) is 3.92. The zero-order valence-corrected chi connectivity index (χ0v) is 10.8. The molecule has 0 radical (unpaired) electrons. The van der Waals surface area contributed by atoms with Crippen LogP contribution >= 0.6 is 0 Å². The lowest BCUT2D eigenvalue weighted by molar-refractivity contribution is -0.137. The fourth-order valence-electron chi connectivity index (χ4n) is 1.68. The fourth-order valence-corrected chi connectivity index (χ4v) is 1.68. The summed E-state index contributed by atoms with van der Waals surface area (Å²) in [6.07, 6.45) is -3.49. The van der Waals surface area contributed by atoms with Gasteiger partial charge in [0, 0.05) is 11.1 Å². The minimum absolute atomic E-state index is 0.113. The number of halogens is 3. The molecule has 0 heterocycles. The van der Waals surface area contributed by atoms with E-state index in [9.17, 15) is 18.0 Å². The topological polar surface area (TPSA) is 41.5 Å². The average molecular weight is 292 g/mol. The Hall–Kier alpha value is -2.63. The Kier molecular flexibility index (Phi) is 4.37. The molecule has 0 atom stereocenters. The summed E-state index contributed by atoms with van der Waals surface area (Å²) in [7, 11) is 0. The standard InChI is InChI=1S/C15H11F3N2O/c16-15(17,18)13-9-5-4-8-12(13)10-19-20-14(21)11-6-2-1-3-7-11/h1-10H,(H,20,21). The maximum absolute atomic E-state index is 12.8. The predicted octanol–water partition coefficient (Wildman–Crippen LogP) is 3.47. The highest BCUT2D eigenvalue weighted by atomic mass is 19.4. The summed E-state index contributed by atoms with van der Waals surface area (Å²) in [6.45, 7) is 0. The van der Waals surface area contributed by atoms with Crippen molar-refractivity contribution in [1.82, 2.24) is 5.43 Å². The van der Waals surface area contributed by atoms with E-state index in [0.29, 0.717) is 5.56 Å². The first-order valence-corrected chi connectivity index (χ1v) is 6.03. The van der Waals surface area contributed by atoms with Crippen LogP contribution in [0.5, 0.6) is 0 Å². The summed E-state index contributed by atoms with van der Waals surface area (Å²) in [5, 5.41) is 3.57. The van der Waals surface area contributed by atoms with Gasteiger partial charge in [-0.1, -0.05) is 36.4 Å². The van der Waals surface area contributed by atoms with Crippen LogP contribution < -0.4 is 5.43 Å². The number of nitrogens with zero attached hydrogens (tertiary/aromatic N) is 1. The van der Waals surface area contributed by atoms with E-state index in [0.717, 1.165) is 12.3 Å². The summed E-state index contributed by atoms with van der Waals surface area (Å²) in [4.78, 5) is 11.7. The number of hydrogen-bond donors (Lipinski definition) is 1. The quantitative estimate of drug-likeness (QED) is 0.683. The Morgan fingerprint density at radius 1 is 1.00 bits per heavy atom. The smallest absolute Gasteiger partial charge is 0.267 e. The van der Waals surface area contributed by atoms with Crippen molar-refractivity contribution in [3.05, 3.63) is 71.3 Å². The van der Waals surface area contributed by atoms with Gasteiger partial charge in [-0.15, -0.1) is 0 Å². The molecule has 1 N–H and O–H groups in total. The van der Waals surface area contributed by atoms with Crippen molar-refractivity contribution in [2.45, 2.75) is 6.18 Å². The average Bonchev–Trinajstić information content (AvgIpc) is 2.47. The van der Waals surface area contributed by atoms with Crippen LogP contribution in [0.1, 0.15) is 21.5 Å². The normalized spacial score (nSPS) is 11.6. The van der Waals surface area contributed by atoms with Crippen molar-refractivity contribution in [2.75, 3.05) is 0 Å². The lowest BCUT2D eigenvalue weighted by Gasteiger charge is -2.09. The van der Waals surface area contributed by atoms with Crippen LogP contribution in [0.25, 0.3) is 0 Å². The molecule has 2 aromatic carbocycles. The highest BCUT2D eigenvalue weighted by molar-refractivity contribution is 5.94. The van der Waals surface area contributed by atoms with Gasteiger partial charge in [-0.2, -0.15) is 18.3 Å². The molecule has 0 unspecified atom stereocenters. The summed E-state index contributed by atoms with van der Waals surface area (Å²) in [5.74, 6) is -0.490. The maximum atomic E-state index is 12.8. The molecule has 2 rings (SSSR count). The summed E-state index contributed by atoms with van der Waals surface area (Å²) < 4.78 is 38.3. The van der Waals surface area contributed by atoms with E-state index < -0.39 is 17.6 Å². The first kappa shape index (κ1) is 14.8. The monoisotopic (exact) mass is 292 g/mol. The molecule has 0 spiro atoms. The predicted molar refractivity (Wildman–Crippen MR) is 72.9 cm³/mol. The second-order valence-corrected chi connectivity index (χ2v) is 4.15. The molecule has 0 saturated heterocycles. The van der Waals surface area contributed by atoms with Crippen molar-refractivity contribution in [1.29, 1.82) is 0 Å². The van der Waals surface area contributed by atoms with Gasteiger partial charge in [0.05, 0.1) is 11.8 Å². The zero-order valence-electron chi connectivity index (χ0n) is 10.8. The highest BCUT2D eigenvalue weighted by Crippen LogP contribution is 2.30. The highest BCUT2D eigenvalue weighted by Gasteiger charge is 2.32. The van der Waals surface area contributed by atoms with Crippen molar-refractivity contribution in [3.8, 4) is 0 Å². The number of benzene rings is 2. The molecule has 0 aromatic heterocycles. The van der Waals surface area contributed by atoms with Gasteiger partial charge in [0.15, 0.2) is 0 Å². The van der Waals surface area contributed by atoms with Gasteiger partial charge in [-0.25, -0.2) is 5.43 Å². The molecule has 0 saturated carbocycles. The lowest BCUT2D eigenvalue weighted by Crippen LogP contribution is -2.18.